The molecule has 0 radical (unpaired) electrons. The molecule has 0 spiro atoms. The molecule has 0 saturated heterocycles. The number of nitrogens with one attached hydrogen (secondary N) is 1. The van der Waals surface area contributed by atoms with E-state index in [1.807, 2.05) is 31.2 Å². The maximum absolute atomic E-state index is 11.5. The Bertz CT molecular complexity index is 713. The number of nitriles is 1. The zero-order chi connectivity index (χ0) is 14.5. The molecule has 1 aromatic carbocycles. The van der Waals surface area contributed by atoms with E-state index >= 15 is 0 Å². The maximum Gasteiger partial charge on any atom is 0.350 e. The Morgan fingerprint density at radius 1 is 1.60 bits per heavy atom. The first-order valence-corrected chi connectivity index (χ1v) is 6.86. The van der Waals surface area contributed by atoms with Gasteiger partial charge in [0.1, 0.15) is 6.07 Å². The molecular weight excluding hydrogens is 274 g/mol. The third-order valence-electron chi connectivity index (χ3n) is 2.49. The second-order valence-corrected chi connectivity index (χ2v) is 5.18. The number of anilines is 1. The van der Waals surface area contributed by atoms with Gasteiger partial charge < -0.3 is 10.1 Å². The fraction of sp³-hybridized carbons (Fsp3) is 0.214. The minimum atomic E-state index is -0.628. The Hall–Kier alpha value is -2.39. The van der Waals surface area contributed by atoms with E-state index < -0.39 is 5.97 Å². The number of aromatic nitrogens is 1. The number of esters is 1. The molecule has 0 unspecified atom stereocenters. The molecule has 0 aliphatic heterocycles. The van der Waals surface area contributed by atoms with Crippen LogP contribution in [0, 0.1) is 18.3 Å². The Morgan fingerprint density at radius 2 is 2.40 bits per heavy atom. The molecule has 0 saturated carbocycles. The first-order chi connectivity index (χ1) is 9.63. The lowest BCUT2D eigenvalue weighted by Crippen LogP contribution is -2.07. The Kier molecular flexibility index (Phi) is 4.33. The van der Waals surface area contributed by atoms with Gasteiger partial charge in [0.25, 0.3) is 0 Å². The number of hydrogen-bond donors (Lipinski definition) is 1. The van der Waals surface area contributed by atoms with Crippen LogP contribution in [0.5, 0.6) is 0 Å². The predicted octanol–water partition coefficient (Wildman–Crippen LogP) is 2.99. The molecule has 1 N–H and O–H groups in total. The highest BCUT2D eigenvalue weighted by atomic mass is 32.1. The number of aryl methyl sites for hydroxylation is 1. The van der Waals surface area contributed by atoms with E-state index in [1.54, 1.807) is 18.3 Å². The molecule has 102 valence electrons. The van der Waals surface area contributed by atoms with Crippen LogP contribution in [0.2, 0.25) is 0 Å². The number of rotatable bonds is 4. The van der Waals surface area contributed by atoms with Crippen molar-refractivity contribution in [1.82, 2.24) is 4.98 Å². The van der Waals surface area contributed by atoms with Gasteiger partial charge >= 0.3 is 5.97 Å². The first-order valence-electron chi connectivity index (χ1n) is 6.05. The van der Waals surface area contributed by atoms with Gasteiger partial charge in [0.2, 0.25) is 0 Å². The molecule has 0 amide bonds. The number of ether oxygens (including phenoxy) is 1. The predicted molar refractivity (Wildman–Crippen MR) is 78.3 cm³/mol. The average molecular weight is 287 g/mol. The summed E-state index contributed by atoms with van der Waals surface area (Å²) in [7, 11) is 0. The van der Waals surface area contributed by atoms with Crippen molar-refractivity contribution in [3.63, 3.8) is 0 Å². The van der Waals surface area contributed by atoms with Crippen molar-refractivity contribution in [2.75, 3.05) is 11.9 Å². The van der Waals surface area contributed by atoms with Crippen LogP contribution in [0.15, 0.2) is 30.0 Å². The van der Waals surface area contributed by atoms with Crippen LogP contribution >= 0.6 is 11.3 Å². The topological polar surface area (TPSA) is 75.0 Å². The zero-order valence-electron chi connectivity index (χ0n) is 11.1. The molecule has 0 fully saturated rings. The molecule has 0 aliphatic rings. The van der Waals surface area contributed by atoms with Gasteiger partial charge in [-0.05, 0) is 32.0 Å². The van der Waals surface area contributed by atoms with Crippen LogP contribution in [0.1, 0.15) is 11.9 Å². The van der Waals surface area contributed by atoms with Gasteiger partial charge in [-0.3, -0.25) is 0 Å². The molecule has 1 heterocycles. The molecule has 5 nitrogen and oxygen atoms in total. The van der Waals surface area contributed by atoms with Gasteiger partial charge in [-0.25, -0.2) is 9.78 Å². The summed E-state index contributed by atoms with van der Waals surface area (Å²) >= 11 is 1.59. The van der Waals surface area contributed by atoms with Crippen molar-refractivity contribution in [1.29, 1.82) is 5.26 Å². The van der Waals surface area contributed by atoms with E-state index in [4.69, 9.17) is 10.00 Å². The van der Waals surface area contributed by atoms with Gasteiger partial charge in [0.15, 0.2) is 5.57 Å². The van der Waals surface area contributed by atoms with Crippen LogP contribution < -0.4 is 5.32 Å². The van der Waals surface area contributed by atoms with Crippen molar-refractivity contribution in [2.45, 2.75) is 13.8 Å². The minimum absolute atomic E-state index is 0.0626. The van der Waals surface area contributed by atoms with Crippen LogP contribution in [0.25, 0.3) is 10.2 Å². The van der Waals surface area contributed by atoms with Gasteiger partial charge in [-0.15, -0.1) is 11.3 Å². The van der Waals surface area contributed by atoms with Crippen molar-refractivity contribution in [3.05, 3.63) is 35.0 Å². The molecular formula is C14H13N3O2S. The third-order valence-corrected chi connectivity index (χ3v) is 3.43. The van der Waals surface area contributed by atoms with Crippen LogP contribution in [0.3, 0.4) is 0 Å². The Balaban J connectivity index is 2.18. The quantitative estimate of drug-likeness (QED) is 0.531. The summed E-state index contributed by atoms with van der Waals surface area (Å²) in [4.78, 5) is 15.8. The highest BCUT2D eigenvalue weighted by Crippen LogP contribution is 2.24. The first kappa shape index (κ1) is 14.0. The molecule has 0 bridgehead atoms. The highest BCUT2D eigenvalue weighted by Gasteiger charge is 2.09. The van der Waals surface area contributed by atoms with E-state index in [9.17, 15) is 4.79 Å². The van der Waals surface area contributed by atoms with E-state index in [2.05, 4.69) is 10.3 Å². The largest absolute Gasteiger partial charge is 0.462 e. The molecule has 1 aromatic heterocycles. The fourth-order valence-corrected chi connectivity index (χ4v) is 2.50. The number of hydrogen-bond acceptors (Lipinski definition) is 6. The molecule has 6 heteroatoms. The molecule has 2 rings (SSSR count). The van der Waals surface area contributed by atoms with Crippen LogP contribution in [0.4, 0.5) is 5.69 Å². The van der Waals surface area contributed by atoms with Crippen molar-refractivity contribution in [3.8, 4) is 6.07 Å². The summed E-state index contributed by atoms with van der Waals surface area (Å²) in [5.41, 5.74) is 1.67. The summed E-state index contributed by atoms with van der Waals surface area (Å²) in [5, 5.41) is 12.8. The highest BCUT2D eigenvalue weighted by molar-refractivity contribution is 7.18. The normalized spacial score (nSPS) is 11.2. The standard InChI is InChI=1S/C14H13N3O2S/c1-3-19-14(18)10(7-15)8-16-11-4-5-12-13(6-11)20-9(2)17-12/h4-6,8,16H,3H2,1-2H3. The van der Waals surface area contributed by atoms with Crippen molar-refractivity contribution in [2.24, 2.45) is 0 Å². The summed E-state index contributed by atoms with van der Waals surface area (Å²) in [5.74, 6) is -0.628. The summed E-state index contributed by atoms with van der Waals surface area (Å²) in [6.07, 6.45) is 1.35. The average Bonchev–Trinajstić information content (AvgIpc) is 2.79. The van der Waals surface area contributed by atoms with E-state index in [1.165, 1.54) is 6.20 Å². The minimum Gasteiger partial charge on any atom is -0.462 e. The van der Waals surface area contributed by atoms with E-state index in [-0.39, 0.29) is 12.2 Å². The maximum atomic E-state index is 11.5. The van der Waals surface area contributed by atoms with Crippen molar-refractivity contribution < 1.29 is 9.53 Å². The second kappa shape index (κ2) is 6.17. The fourth-order valence-electron chi connectivity index (χ4n) is 1.63. The van der Waals surface area contributed by atoms with E-state index in [0.29, 0.717) is 0 Å². The number of thiazole rings is 1. The number of fused-ring (bicyclic) bond motifs is 1. The lowest BCUT2D eigenvalue weighted by atomic mass is 10.3. The number of carbonyl (C=O) groups is 1. The lowest BCUT2D eigenvalue weighted by molar-refractivity contribution is -0.138. The summed E-state index contributed by atoms with van der Waals surface area (Å²) in [6, 6.07) is 7.48. The number of nitrogens with zero attached hydrogens (tertiary/aromatic N) is 2. The monoisotopic (exact) mass is 287 g/mol. The lowest BCUT2D eigenvalue weighted by Gasteiger charge is -2.02. The van der Waals surface area contributed by atoms with Crippen LogP contribution in [-0.4, -0.2) is 17.6 Å². The molecule has 20 heavy (non-hydrogen) atoms. The molecule has 0 aliphatic carbocycles. The summed E-state index contributed by atoms with van der Waals surface area (Å²) < 4.78 is 5.83. The third kappa shape index (κ3) is 3.13. The van der Waals surface area contributed by atoms with Crippen LogP contribution in [-0.2, 0) is 9.53 Å². The Labute approximate surface area is 120 Å². The smallest absolute Gasteiger partial charge is 0.350 e. The molecule has 0 atom stereocenters. The number of benzene rings is 1. The van der Waals surface area contributed by atoms with Gasteiger partial charge in [0, 0.05) is 11.9 Å². The zero-order valence-corrected chi connectivity index (χ0v) is 12.0. The van der Waals surface area contributed by atoms with E-state index in [0.717, 1.165) is 20.9 Å². The second-order valence-electron chi connectivity index (χ2n) is 3.95. The van der Waals surface area contributed by atoms with Crippen molar-refractivity contribution >= 4 is 33.2 Å². The van der Waals surface area contributed by atoms with Gasteiger partial charge in [-0.1, -0.05) is 0 Å². The molecule has 2 aromatic rings. The SMILES string of the molecule is CCOC(=O)C(C#N)=CNc1ccc2nc(C)sc2c1. The van der Waals surface area contributed by atoms with Gasteiger partial charge in [0.05, 0.1) is 21.8 Å². The summed E-state index contributed by atoms with van der Waals surface area (Å²) in [6.45, 7) is 3.89. The number of carbonyl (C=O) groups excluding carboxylic acids is 1. The van der Waals surface area contributed by atoms with Gasteiger partial charge in [-0.2, -0.15) is 5.26 Å². The Morgan fingerprint density at radius 3 is 3.10 bits per heavy atom.